The highest BCUT2D eigenvalue weighted by atomic mass is 19.1. The summed E-state index contributed by atoms with van der Waals surface area (Å²) >= 11 is 0. The number of benzene rings is 1. The molecule has 2 unspecified atom stereocenters. The molecule has 128 valence electrons. The van der Waals surface area contributed by atoms with Crippen molar-refractivity contribution in [1.82, 2.24) is 9.88 Å². The lowest BCUT2D eigenvalue weighted by Gasteiger charge is -2.35. The number of nitrogens with one attached hydrogen (secondary N) is 1. The van der Waals surface area contributed by atoms with Crippen LogP contribution in [0.4, 0.5) is 14.5 Å². The molecule has 0 spiro atoms. The first-order valence-corrected chi connectivity index (χ1v) is 8.28. The van der Waals surface area contributed by atoms with Crippen molar-refractivity contribution in [3.63, 3.8) is 0 Å². The monoisotopic (exact) mass is 333 g/mol. The number of carbonyl (C=O) groups is 1. The van der Waals surface area contributed by atoms with Gasteiger partial charge in [-0.1, -0.05) is 0 Å². The first kappa shape index (κ1) is 16.6. The molecule has 6 heteroatoms. The van der Waals surface area contributed by atoms with Gasteiger partial charge in [-0.05, 0) is 45.2 Å². The van der Waals surface area contributed by atoms with Crippen molar-refractivity contribution in [2.45, 2.75) is 45.2 Å². The van der Waals surface area contributed by atoms with E-state index < -0.39 is 17.7 Å². The minimum Gasteiger partial charge on any atom is -0.373 e. The molecule has 0 aliphatic carbocycles. The fourth-order valence-corrected chi connectivity index (χ4v) is 3.27. The maximum atomic E-state index is 13.9. The van der Waals surface area contributed by atoms with Crippen molar-refractivity contribution in [1.29, 1.82) is 0 Å². The van der Waals surface area contributed by atoms with Gasteiger partial charge in [0.05, 0.1) is 0 Å². The van der Waals surface area contributed by atoms with Crippen LogP contribution >= 0.6 is 0 Å². The van der Waals surface area contributed by atoms with Gasteiger partial charge < -0.3 is 10.2 Å². The number of aromatic nitrogens is 1. The van der Waals surface area contributed by atoms with Crippen LogP contribution in [0.2, 0.25) is 0 Å². The van der Waals surface area contributed by atoms with Crippen molar-refractivity contribution in [2.75, 3.05) is 11.9 Å². The third-order valence-electron chi connectivity index (χ3n) is 4.59. The molecule has 0 bridgehead atoms. The van der Waals surface area contributed by atoms with Crippen molar-refractivity contribution in [2.24, 2.45) is 0 Å². The van der Waals surface area contributed by atoms with Crippen LogP contribution in [-0.2, 0) is 4.79 Å². The molecule has 2 atom stereocenters. The van der Waals surface area contributed by atoms with Crippen LogP contribution < -0.4 is 5.32 Å². The van der Waals surface area contributed by atoms with Crippen molar-refractivity contribution in [3.05, 3.63) is 36.0 Å². The standard InChI is InChI=1S/C18H21F2N3O/c1-11-5-3-4-8-23(11)18(24)12(2)22-16-6-7-21-17-14(16)9-13(19)10-15(17)20/h6-7,9-12H,3-5,8H2,1-2H3,(H,21,22). The van der Waals surface area contributed by atoms with Crippen LogP contribution in [0.15, 0.2) is 24.4 Å². The van der Waals surface area contributed by atoms with E-state index in [1.807, 2.05) is 4.90 Å². The van der Waals surface area contributed by atoms with Gasteiger partial charge in [0, 0.05) is 35.9 Å². The number of fused-ring (bicyclic) bond motifs is 1. The minimum absolute atomic E-state index is 0.00374. The zero-order chi connectivity index (χ0) is 17.3. The first-order valence-electron chi connectivity index (χ1n) is 8.28. The number of nitrogens with zero attached hydrogens (tertiary/aromatic N) is 2. The van der Waals surface area contributed by atoms with Gasteiger partial charge >= 0.3 is 0 Å². The lowest BCUT2D eigenvalue weighted by atomic mass is 10.0. The van der Waals surface area contributed by atoms with Crippen LogP contribution in [0.1, 0.15) is 33.1 Å². The van der Waals surface area contributed by atoms with Gasteiger partial charge in [0.25, 0.3) is 0 Å². The van der Waals surface area contributed by atoms with Gasteiger partial charge in [0.1, 0.15) is 17.4 Å². The summed E-state index contributed by atoms with van der Waals surface area (Å²) in [5.74, 6) is -1.37. The average molecular weight is 333 g/mol. The summed E-state index contributed by atoms with van der Waals surface area (Å²) in [7, 11) is 0. The number of carbonyl (C=O) groups excluding carboxylic acids is 1. The first-order chi connectivity index (χ1) is 11.5. The van der Waals surface area contributed by atoms with Crippen molar-refractivity contribution >= 4 is 22.5 Å². The van der Waals surface area contributed by atoms with Crippen LogP contribution in [0.3, 0.4) is 0 Å². The maximum Gasteiger partial charge on any atom is 0.245 e. The smallest absolute Gasteiger partial charge is 0.245 e. The van der Waals surface area contributed by atoms with E-state index in [4.69, 9.17) is 0 Å². The highest BCUT2D eigenvalue weighted by Gasteiger charge is 2.27. The Balaban J connectivity index is 1.85. The van der Waals surface area contributed by atoms with Gasteiger partial charge in [-0.25, -0.2) is 8.78 Å². The zero-order valence-corrected chi connectivity index (χ0v) is 13.9. The van der Waals surface area contributed by atoms with E-state index in [-0.39, 0.29) is 17.5 Å². The quantitative estimate of drug-likeness (QED) is 0.931. The largest absolute Gasteiger partial charge is 0.373 e. The molecule has 1 fully saturated rings. The van der Waals surface area contributed by atoms with Crippen molar-refractivity contribution in [3.8, 4) is 0 Å². The predicted molar refractivity (Wildman–Crippen MR) is 89.8 cm³/mol. The second-order valence-electron chi connectivity index (χ2n) is 6.38. The summed E-state index contributed by atoms with van der Waals surface area (Å²) in [6.45, 7) is 4.58. The van der Waals surface area contributed by atoms with E-state index in [2.05, 4.69) is 17.2 Å². The highest BCUT2D eigenvalue weighted by molar-refractivity contribution is 5.94. The number of anilines is 1. The Hall–Kier alpha value is -2.24. The molecule has 1 aromatic heterocycles. The Morgan fingerprint density at radius 2 is 2.17 bits per heavy atom. The number of piperidine rings is 1. The van der Waals surface area contributed by atoms with Gasteiger partial charge in [0.2, 0.25) is 5.91 Å². The number of hydrogen-bond acceptors (Lipinski definition) is 3. The lowest BCUT2D eigenvalue weighted by molar-refractivity contribution is -0.134. The molecule has 1 aromatic carbocycles. The average Bonchev–Trinajstić information content (AvgIpc) is 2.55. The van der Waals surface area contributed by atoms with E-state index in [1.165, 1.54) is 12.3 Å². The second kappa shape index (κ2) is 6.71. The summed E-state index contributed by atoms with van der Waals surface area (Å²) in [5.41, 5.74) is 0.594. The molecule has 1 saturated heterocycles. The van der Waals surface area contributed by atoms with E-state index in [9.17, 15) is 13.6 Å². The molecule has 24 heavy (non-hydrogen) atoms. The number of amides is 1. The zero-order valence-electron chi connectivity index (χ0n) is 13.9. The molecule has 3 rings (SSSR count). The van der Waals surface area contributed by atoms with E-state index in [1.54, 1.807) is 13.0 Å². The number of pyridine rings is 1. The topological polar surface area (TPSA) is 45.2 Å². The normalized spacial score (nSPS) is 19.3. The minimum atomic E-state index is -0.711. The summed E-state index contributed by atoms with van der Waals surface area (Å²) in [6.07, 6.45) is 4.61. The predicted octanol–water partition coefficient (Wildman–Crippen LogP) is 3.71. The number of rotatable bonds is 3. The molecule has 1 aliphatic rings. The van der Waals surface area contributed by atoms with Gasteiger partial charge in [0.15, 0.2) is 5.82 Å². The van der Waals surface area contributed by atoms with Crippen LogP contribution in [0.5, 0.6) is 0 Å². The van der Waals surface area contributed by atoms with Crippen molar-refractivity contribution < 1.29 is 13.6 Å². The summed E-state index contributed by atoms with van der Waals surface area (Å²) in [4.78, 5) is 18.5. The van der Waals surface area contributed by atoms with E-state index >= 15 is 0 Å². The fraction of sp³-hybridized carbons (Fsp3) is 0.444. The molecule has 1 amide bonds. The van der Waals surface area contributed by atoms with Gasteiger partial charge in [-0.15, -0.1) is 0 Å². The molecular formula is C18H21F2N3O. The molecule has 4 nitrogen and oxygen atoms in total. The van der Waals surface area contributed by atoms with E-state index in [0.717, 1.165) is 31.9 Å². The number of hydrogen-bond donors (Lipinski definition) is 1. The Labute approximate surface area is 139 Å². The highest BCUT2D eigenvalue weighted by Crippen LogP contribution is 2.26. The third-order valence-corrected chi connectivity index (χ3v) is 4.59. The molecular weight excluding hydrogens is 312 g/mol. The molecule has 0 saturated carbocycles. The second-order valence-corrected chi connectivity index (χ2v) is 6.38. The Bertz CT molecular complexity index is 765. The van der Waals surface area contributed by atoms with Gasteiger partial charge in [-0.3, -0.25) is 9.78 Å². The SMILES string of the molecule is CC(Nc1ccnc2c(F)cc(F)cc12)C(=O)N1CCCCC1C. The summed E-state index contributed by atoms with van der Waals surface area (Å²) < 4.78 is 27.4. The maximum absolute atomic E-state index is 13.9. The molecule has 0 radical (unpaired) electrons. The Morgan fingerprint density at radius 3 is 2.92 bits per heavy atom. The van der Waals surface area contributed by atoms with Crippen LogP contribution in [0, 0.1) is 11.6 Å². The van der Waals surface area contributed by atoms with E-state index in [0.29, 0.717) is 11.1 Å². The molecule has 1 N–H and O–H groups in total. The lowest BCUT2D eigenvalue weighted by Crippen LogP contribution is -2.48. The summed E-state index contributed by atoms with van der Waals surface area (Å²) in [5, 5.41) is 3.43. The Kier molecular flexibility index (Phi) is 4.64. The van der Waals surface area contributed by atoms with Gasteiger partial charge in [-0.2, -0.15) is 0 Å². The van der Waals surface area contributed by atoms with Crippen LogP contribution in [0.25, 0.3) is 10.9 Å². The molecule has 1 aliphatic heterocycles. The number of halogens is 2. The number of likely N-dealkylation sites (tertiary alicyclic amines) is 1. The molecule has 2 aromatic rings. The summed E-state index contributed by atoms with van der Waals surface area (Å²) in [6, 6.07) is 3.41. The molecule has 2 heterocycles. The fourth-order valence-electron chi connectivity index (χ4n) is 3.27. The third kappa shape index (κ3) is 3.18. The Morgan fingerprint density at radius 1 is 1.38 bits per heavy atom. The van der Waals surface area contributed by atoms with Crippen LogP contribution in [-0.4, -0.2) is 34.4 Å².